The molecule has 0 unspecified atom stereocenters. The first-order valence-electron chi connectivity index (χ1n) is 12.4. The lowest BCUT2D eigenvalue weighted by Gasteiger charge is -2.26. The van der Waals surface area contributed by atoms with Crippen molar-refractivity contribution in [1.29, 1.82) is 0 Å². The summed E-state index contributed by atoms with van der Waals surface area (Å²) in [5, 5.41) is 8.09. The number of aromatic nitrogens is 2. The summed E-state index contributed by atoms with van der Waals surface area (Å²) in [6, 6.07) is 18.0. The van der Waals surface area contributed by atoms with Crippen LogP contribution in [0.5, 0.6) is 0 Å². The van der Waals surface area contributed by atoms with E-state index in [2.05, 4.69) is 70.4 Å². The zero-order valence-corrected chi connectivity index (χ0v) is 21.1. The Morgan fingerprint density at radius 3 is 2.66 bits per heavy atom. The number of aryl methyl sites for hydroxylation is 1. The molecule has 2 aromatic heterocycles. The van der Waals surface area contributed by atoms with Crippen molar-refractivity contribution in [3.63, 3.8) is 0 Å². The molecular formula is C29H30N4OS. The molecule has 1 N–H and O–H groups in total. The number of aliphatic imine (C=N–C) groups is 1. The summed E-state index contributed by atoms with van der Waals surface area (Å²) < 4.78 is 5.47. The van der Waals surface area contributed by atoms with E-state index in [1.54, 1.807) is 0 Å². The van der Waals surface area contributed by atoms with E-state index in [4.69, 9.17) is 9.84 Å². The number of hydrogen-bond donors (Lipinski definition) is 1. The highest BCUT2D eigenvalue weighted by molar-refractivity contribution is 7.16. The van der Waals surface area contributed by atoms with E-state index in [0.29, 0.717) is 0 Å². The van der Waals surface area contributed by atoms with Crippen LogP contribution in [0.1, 0.15) is 34.1 Å². The van der Waals surface area contributed by atoms with Crippen LogP contribution in [-0.4, -0.2) is 54.7 Å². The van der Waals surface area contributed by atoms with Crippen LogP contribution in [0.25, 0.3) is 33.0 Å². The lowest BCUT2D eigenvalue weighted by atomic mass is 9.98. The number of rotatable bonds is 6. The van der Waals surface area contributed by atoms with Crippen molar-refractivity contribution in [3.05, 3.63) is 75.7 Å². The number of nitrogens with one attached hydrogen (secondary N) is 1. The van der Waals surface area contributed by atoms with Crippen molar-refractivity contribution < 1.29 is 4.74 Å². The molecule has 2 aliphatic rings. The molecule has 5 nitrogen and oxygen atoms in total. The summed E-state index contributed by atoms with van der Waals surface area (Å²) >= 11 is 1.91. The highest BCUT2D eigenvalue weighted by Crippen LogP contribution is 2.46. The smallest absolute Gasteiger partial charge is 0.0963 e. The van der Waals surface area contributed by atoms with Gasteiger partial charge in [0.05, 0.1) is 24.6 Å². The van der Waals surface area contributed by atoms with Gasteiger partial charge in [-0.25, -0.2) is 0 Å². The van der Waals surface area contributed by atoms with Gasteiger partial charge in [-0.1, -0.05) is 43.3 Å². The zero-order chi connectivity index (χ0) is 23.8. The Morgan fingerprint density at radius 1 is 1.09 bits per heavy atom. The maximum Gasteiger partial charge on any atom is 0.0963 e. The molecule has 3 heterocycles. The molecular weight excluding hydrogens is 452 g/mol. The highest BCUT2D eigenvalue weighted by atomic mass is 32.1. The third-order valence-corrected chi connectivity index (χ3v) is 8.28. The fourth-order valence-electron chi connectivity index (χ4n) is 5.19. The predicted molar refractivity (Wildman–Crippen MR) is 145 cm³/mol. The second-order valence-electron chi connectivity index (χ2n) is 9.29. The minimum absolute atomic E-state index is 0.842. The van der Waals surface area contributed by atoms with Crippen molar-refractivity contribution in [2.24, 2.45) is 4.99 Å². The molecule has 35 heavy (non-hydrogen) atoms. The molecule has 0 atom stereocenters. The average molecular weight is 483 g/mol. The largest absolute Gasteiger partial charge is 0.379 e. The number of morpholine rings is 1. The second kappa shape index (κ2) is 9.53. The molecule has 0 radical (unpaired) electrons. The number of hydrogen-bond acceptors (Lipinski definition) is 5. The molecule has 1 aliphatic carbocycles. The third kappa shape index (κ3) is 4.27. The van der Waals surface area contributed by atoms with Crippen LogP contribution in [-0.2, 0) is 24.1 Å². The summed E-state index contributed by atoms with van der Waals surface area (Å²) in [7, 11) is 1.82. The van der Waals surface area contributed by atoms with Gasteiger partial charge in [0.2, 0.25) is 0 Å². The Morgan fingerprint density at radius 2 is 1.89 bits per heavy atom. The molecule has 0 bridgehead atoms. The molecule has 2 aromatic carbocycles. The summed E-state index contributed by atoms with van der Waals surface area (Å²) in [6.45, 7) is 6.91. The lowest BCUT2D eigenvalue weighted by Crippen LogP contribution is -2.35. The molecule has 1 aliphatic heterocycles. The van der Waals surface area contributed by atoms with Gasteiger partial charge in [0, 0.05) is 65.8 Å². The van der Waals surface area contributed by atoms with Crippen molar-refractivity contribution >= 4 is 17.6 Å². The minimum Gasteiger partial charge on any atom is -0.379 e. The maximum atomic E-state index is 5.47. The van der Waals surface area contributed by atoms with Crippen molar-refractivity contribution in [2.75, 3.05) is 33.4 Å². The van der Waals surface area contributed by atoms with Gasteiger partial charge in [-0.3, -0.25) is 15.0 Å². The molecule has 6 rings (SSSR count). The van der Waals surface area contributed by atoms with Gasteiger partial charge in [-0.2, -0.15) is 5.10 Å². The van der Waals surface area contributed by atoms with E-state index in [1.165, 1.54) is 54.4 Å². The van der Waals surface area contributed by atoms with E-state index in [1.807, 2.05) is 24.6 Å². The quantitative estimate of drug-likeness (QED) is 0.310. The van der Waals surface area contributed by atoms with E-state index in [-0.39, 0.29) is 0 Å². The van der Waals surface area contributed by atoms with Gasteiger partial charge in [0.15, 0.2) is 0 Å². The molecule has 0 amide bonds. The van der Waals surface area contributed by atoms with Crippen LogP contribution in [0.2, 0.25) is 0 Å². The highest BCUT2D eigenvalue weighted by Gasteiger charge is 2.28. The van der Waals surface area contributed by atoms with Gasteiger partial charge in [-0.15, -0.1) is 11.3 Å². The number of thiophene rings is 1. The van der Waals surface area contributed by atoms with E-state index in [0.717, 1.165) is 51.4 Å². The standard InChI is InChI=1S/C29H30N4OS/c1-3-20-14-22(8-9-23(20)17-30-2)28-25-16-27-24(29(25)32-31-28)15-26(35-27)21-6-4-19(5-7-21)18-33-10-12-34-13-11-33/h4-9,14-15,17H,3,10-13,16,18H2,1-2H3,(H,31,32). The second-order valence-corrected chi connectivity index (χ2v) is 10.4. The van der Waals surface area contributed by atoms with Crippen LogP contribution >= 0.6 is 11.3 Å². The van der Waals surface area contributed by atoms with Crippen LogP contribution in [0, 0.1) is 0 Å². The zero-order valence-electron chi connectivity index (χ0n) is 20.3. The molecule has 6 heteroatoms. The van der Waals surface area contributed by atoms with Gasteiger partial charge in [-0.05, 0) is 40.8 Å². The summed E-state index contributed by atoms with van der Waals surface area (Å²) in [5.41, 5.74) is 11.2. The number of H-pyrrole nitrogens is 1. The maximum absolute atomic E-state index is 5.47. The first-order chi connectivity index (χ1) is 17.2. The minimum atomic E-state index is 0.842. The first-order valence-corrected chi connectivity index (χ1v) is 13.2. The Labute approximate surface area is 210 Å². The van der Waals surface area contributed by atoms with Crippen molar-refractivity contribution in [1.82, 2.24) is 15.1 Å². The Bertz CT molecular complexity index is 1380. The first kappa shape index (κ1) is 22.4. The van der Waals surface area contributed by atoms with Crippen LogP contribution < -0.4 is 0 Å². The number of aromatic amines is 1. The van der Waals surface area contributed by atoms with Crippen LogP contribution in [0.15, 0.2) is 53.5 Å². The molecule has 1 fully saturated rings. The average Bonchev–Trinajstić information content (AvgIpc) is 3.57. The Balaban J connectivity index is 1.23. The normalized spacial score (nSPS) is 15.6. The van der Waals surface area contributed by atoms with Crippen molar-refractivity contribution in [2.45, 2.75) is 26.3 Å². The van der Waals surface area contributed by atoms with Crippen LogP contribution in [0.4, 0.5) is 0 Å². The van der Waals surface area contributed by atoms with Crippen molar-refractivity contribution in [3.8, 4) is 33.0 Å². The fourth-order valence-corrected chi connectivity index (χ4v) is 6.37. The fraction of sp³-hybridized carbons (Fsp3) is 0.310. The number of benzene rings is 2. The lowest BCUT2D eigenvalue weighted by molar-refractivity contribution is 0.0342. The molecule has 178 valence electrons. The molecule has 0 saturated carbocycles. The molecule has 1 saturated heterocycles. The summed E-state index contributed by atoms with van der Waals surface area (Å²) in [5.74, 6) is 0. The van der Waals surface area contributed by atoms with Gasteiger partial charge in [0.25, 0.3) is 0 Å². The summed E-state index contributed by atoms with van der Waals surface area (Å²) in [6.07, 6.45) is 3.85. The van der Waals surface area contributed by atoms with Gasteiger partial charge < -0.3 is 4.74 Å². The van der Waals surface area contributed by atoms with E-state index in [9.17, 15) is 0 Å². The number of ether oxygens (including phenoxy) is 1. The van der Waals surface area contributed by atoms with Gasteiger partial charge >= 0.3 is 0 Å². The Hall–Kier alpha value is -3.06. The molecule has 0 spiro atoms. The van der Waals surface area contributed by atoms with E-state index >= 15 is 0 Å². The van der Waals surface area contributed by atoms with E-state index < -0.39 is 0 Å². The third-order valence-electron chi connectivity index (χ3n) is 7.10. The predicted octanol–water partition coefficient (Wildman–Crippen LogP) is 5.82. The number of nitrogens with zero attached hydrogens (tertiary/aromatic N) is 3. The molecule has 4 aromatic rings. The monoisotopic (exact) mass is 482 g/mol. The Kier molecular flexibility index (Phi) is 6.10. The summed E-state index contributed by atoms with van der Waals surface area (Å²) in [4.78, 5) is 9.41. The topological polar surface area (TPSA) is 53.5 Å². The van der Waals surface area contributed by atoms with Gasteiger partial charge in [0.1, 0.15) is 0 Å². The number of fused-ring (bicyclic) bond motifs is 3. The van der Waals surface area contributed by atoms with Crippen LogP contribution in [0.3, 0.4) is 0 Å². The SMILES string of the molecule is CCc1cc(-c2n[nH]c3c2Cc2sc(-c4ccc(CN5CCOCC5)cc4)cc2-3)ccc1C=NC.